The van der Waals surface area contributed by atoms with Crippen LogP contribution in [0.2, 0.25) is 0 Å². The summed E-state index contributed by atoms with van der Waals surface area (Å²) in [5.74, 6) is 0.829. The number of hydrogen-bond acceptors (Lipinski definition) is 2. The molecule has 4 heteroatoms. The van der Waals surface area contributed by atoms with E-state index in [2.05, 4.69) is 5.32 Å². The fourth-order valence-electron chi connectivity index (χ4n) is 1.58. The molecule has 0 aliphatic rings. The Labute approximate surface area is 98.3 Å². The second kappa shape index (κ2) is 5.59. The topological polar surface area (TPSA) is 25.2 Å². The maximum atomic E-state index is 12.5. The Morgan fingerprint density at radius 3 is 2.71 bits per heavy atom. The summed E-state index contributed by atoms with van der Waals surface area (Å²) in [7, 11) is 0. The first-order chi connectivity index (χ1) is 8.25. The van der Waals surface area contributed by atoms with Gasteiger partial charge in [-0.3, -0.25) is 0 Å². The zero-order valence-corrected chi connectivity index (χ0v) is 9.20. The molecule has 0 atom stereocenters. The second-order valence-electron chi connectivity index (χ2n) is 3.73. The van der Waals surface area contributed by atoms with Crippen LogP contribution in [0.4, 0.5) is 8.78 Å². The number of nitrogens with one attached hydrogen (secondary N) is 1. The molecule has 0 fully saturated rings. The van der Waals surface area contributed by atoms with Gasteiger partial charge in [0.1, 0.15) is 5.76 Å². The van der Waals surface area contributed by atoms with Crippen molar-refractivity contribution < 1.29 is 13.2 Å². The molecule has 0 aliphatic carbocycles. The van der Waals surface area contributed by atoms with E-state index >= 15 is 0 Å². The largest absolute Gasteiger partial charge is 0.468 e. The first-order valence-electron chi connectivity index (χ1n) is 5.36. The maximum absolute atomic E-state index is 12.5. The highest BCUT2D eigenvalue weighted by Crippen LogP contribution is 2.19. The van der Waals surface area contributed by atoms with E-state index in [1.165, 1.54) is 12.1 Å². The molecule has 90 valence electrons. The molecule has 0 radical (unpaired) electrons. The van der Waals surface area contributed by atoms with Crippen LogP contribution in [-0.2, 0) is 13.1 Å². The van der Waals surface area contributed by atoms with Crippen molar-refractivity contribution in [2.24, 2.45) is 0 Å². The van der Waals surface area contributed by atoms with Crippen LogP contribution >= 0.6 is 0 Å². The molecule has 0 bridgehead atoms. The molecule has 1 N–H and O–H groups in total. The molecule has 1 heterocycles. The summed E-state index contributed by atoms with van der Waals surface area (Å²) in [5.41, 5.74) is 0.900. The van der Waals surface area contributed by atoms with Crippen LogP contribution in [0.25, 0.3) is 0 Å². The van der Waals surface area contributed by atoms with E-state index < -0.39 is 6.43 Å². The van der Waals surface area contributed by atoms with Gasteiger partial charge in [-0.2, -0.15) is 0 Å². The fourth-order valence-corrected chi connectivity index (χ4v) is 1.58. The first-order valence-corrected chi connectivity index (χ1v) is 5.36. The first kappa shape index (κ1) is 11.8. The van der Waals surface area contributed by atoms with Gasteiger partial charge in [-0.25, -0.2) is 8.78 Å². The quantitative estimate of drug-likeness (QED) is 0.860. The van der Waals surface area contributed by atoms with Crippen LogP contribution in [0.5, 0.6) is 0 Å². The molecule has 0 saturated heterocycles. The number of alkyl halides is 2. The van der Waals surface area contributed by atoms with Crippen molar-refractivity contribution in [2.75, 3.05) is 0 Å². The molecular formula is C13H13F2NO. The molecule has 2 aromatic rings. The van der Waals surface area contributed by atoms with Crippen molar-refractivity contribution in [2.45, 2.75) is 19.5 Å². The Balaban J connectivity index is 1.88. The normalized spacial score (nSPS) is 11.0. The summed E-state index contributed by atoms with van der Waals surface area (Å²) < 4.78 is 30.1. The van der Waals surface area contributed by atoms with E-state index in [-0.39, 0.29) is 5.56 Å². The summed E-state index contributed by atoms with van der Waals surface area (Å²) in [5, 5.41) is 3.13. The van der Waals surface area contributed by atoms with E-state index in [0.29, 0.717) is 13.1 Å². The smallest absolute Gasteiger partial charge is 0.263 e. The SMILES string of the molecule is FC(F)c1cccc(CNCc2ccco2)c1. The number of furan rings is 1. The predicted molar refractivity (Wildman–Crippen MR) is 60.7 cm³/mol. The Morgan fingerprint density at radius 2 is 2.00 bits per heavy atom. The molecule has 0 unspecified atom stereocenters. The molecule has 1 aromatic carbocycles. The van der Waals surface area contributed by atoms with Crippen molar-refractivity contribution in [3.8, 4) is 0 Å². The minimum absolute atomic E-state index is 0.0577. The van der Waals surface area contributed by atoms with Crippen molar-refractivity contribution in [3.63, 3.8) is 0 Å². The molecular weight excluding hydrogens is 224 g/mol. The molecule has 2 rings (SSSR count). The molecule has 0 saturated carbocycles. The molecule has 0 aliphatic heterocycles. The lowest BCUT2D eigenvalue weighted by Crippen LogP contribution is -2.12. The Hall–Kier alpha value is -1.68. The lowest BCUT2D eigenvalue weighted by Gasteiger charge is -2.05. The van der Waals surface area contributed by atoms with Gasteiger partial charge in [0, 0.05) is 12.1 Å². The molecule has 0 amide bonds. The zero-order valence-electron chi connectivity index (χ0n) is 9.20. The highest BCUT2D eigenvalue weighted by atomic mass is 19.3. The van der Waals surface area contributed by atoms with Gasteiger partial charge in [0.25, 0.3) is 6.43 Å². The van der Waals surface area contributed by atoms with Crippen LogP contribution in [-0.4, -0.2) is 0 Å². The van der Waals surface area contributed by atoms with Crippen LogP contribution in [0.15, 0.2) is 47.1 Å². The second-order valence-corrected chi connectivity index (χ2v) is 3.73. The molecule has 0 spiro atoms. The predicted octanol–water partition coefficient (Wildman–Crippen LogP) is 3.51. The van der Waals surface area contributed by atoms with Crippen LogP contribution in [0.3, 0.4) is 0 Å². The van der Waals surface area contributed by atoms with Gasteiger partial charge >= 0.3 is 0 Å². The summed E-state index contributed by atoms with van der Waals surface area (Å²) in [6.45, 7) is 1.13. The lowest BCUT2D eigenvalue weighted by atomic mass is 10.1. The van der Waals surface area contributed by atoms with E-state index in [1.807, 2.05) is 18.2 Å². The maximum Gasteiger partial charge on any atom is 0.263 e. The summed E-state index contributed by atoms with van der Waals surface area (Å²) in [4.78, 5) is 0. The summed E-state index contributed by atoms with van der Waals surface area (Å²) in [6.07, 6.45) is -0.811. The van der Waals surface area contributed by atoms with Crippen molar-refractivity contribution in [1.29, 1.82) is 0 Å². The third kappa shape index (κ3) is 3.39. The number of halogens is 2. The van der Waals surface area contributed by atoms with Crippen molar-refractivity contribution in [3.05, 3.63) is 59.5 Å². The van der Waals surface area contributed by atoms with Crippen LogP contribution in [0.1, 0.15) is 23.3 Å². The van der Waals surface area contributed by atoms with E-state index in [9.17, 15) is 8.78 Å². The van der Waals surface area contributed by atoms with Gasteiger partial charge < -0.3 is 9.73 Å². The van der Waals surface area contributed by atoms with E-state index in [0.717, 1.165) is 11.3 Å². The molecule has 17 heavy (non-hydrogen) atoms. The monoisotopic (exact) mass is 237 g/mol. The minimum Gasteiger partial charge on any atom is -0.468 e. The Morgan fingerprint density at radius 1 is 1.12 bits per heavy atom. The highest BCUT2D eigenvalue weighted by molar-refractivity contribution is 5.24. The lowest BCUT2D eigenvalue weighted by molar-refractivity contribution is 0.151. The van der Waals surface area contributed by atoms with Gasteiger partial charge in [0.2, 0.25) is 0 Å². The van der Waals surface area contributed by atoms with Gasteiger partial charge in [-0.05, 0) is 23.8 Å². The van der Waals surface area contributed by atoms with E-state index in [4.69, 9.17) is 4.42 Å². The fraction of sp³-hybridized carbons (Fsp3) is 0.231. The van der Waals surface area contributed by atoms with Crippen LogP contribution in [0, 0.1) is 0 Å². The summed E-state index contributed by atoms with van der Waals surface area (Å²) >= 11 is 0. The third-order valence-electron chi connectivity index (χ3n) is 2.41. The van der Waals surface area contributed by atoms with Crippen molar-refractivity contribution >= 4 is 0 Å². The van der Waals surface area contributed by atoms with Crippen LogP contribution < -0.4 is 5.32 Å². The standard InChI is InChI=1S/C13H13F2NO/c14-13(15)11-4-1-3-10(7-11)8-16-9-12-5-2-6-17-12/h1-7,13,16H,8-9H2. The van der Waals surface area contributed by atoms with Gasteiger partial charge in [0.05, 0.1) is 12.8 Å². The minimum atomic E-state index is -2.42. The average Bonchev–Trinajstić information content (AvgIpc) is 2.82. The zero-order chi connectivity index (χ0) is 12.1. The summed E-state index contributed by atoms with van der Waals surface area (Å²) in [6, 6.07) is 10.1. The average molecular weight is 237 g/mol. The number of benzene rings is 1. The van der Waals surface area contributed by atoms with Crippen molar-refractivity contribution in [1.82, 2.24) is 5.32 Å². The van der Waals surface area contributed by atoms with Gasteiger partial charge in [0.15, 0.2) is 0 Å². The Bertz CT molecular complexity index is 454. The third-order valence-corrected chi connectivity index (χ3v) is 2.41. The Kier molecular flexibility index (Phi) is 3.88. The number of hydrogen-bond donors (Lipinski definition) is 1. The molecule has 2 nitrogen and oxygen atoms in total. The van der Waals surface area contributed by atoms with E-state index in [1.54, 1.807) is 12.3 Å². The molecule has 1 aromatic heterocycles. The van der Waals surface area contributed by atoms with Gasteiger partial charge in [-0.1, -0.05) is 18.2 Å². The highest BCUT2D eigenvalue weighted by Gasteiger charge is 2.06. The van der Waals surface area contributed by atoms with Gasteiger partial charge in [-0.15, -0.1) is 0 Å². The number of rotatable bonds is 5.